The Balaban J connectivity index is 2.79. The number of carbonyl (C=O) groups excluding carboxylic acids is 3. The normalized spacial score (nSPS) is 19.2. The van der Waals surface area contributed by atoms with Crippen molar-refractivity contribution < 1.29 is 14.4 Å². The Morgan fingerprint density at radius 2 is 2.25 bits per heavy atom. The van der Waals surface area contributed by atoms with Crippen LogP contribution in [0.3, 0.4) is 0 Å². The van der Waals surface area contributed by atoms with E-state index in [4.69, 9.17) is 5.73 Å². The van der Waals surface area contributed by atoms with Crippen molar-refractivity contribution >= 4 is 17.8 Å². The molecular weight excluding hydrogens is 162 g/mol. The second kappa shape index (κ2) is 2.80. The van der Waals surface area contributed by atoms with Crippen LogP contribution in [0.15, 0.2) is 0 Å². The van der Waals surface area contributed by atoms with E-state index in [2.05, 4.69) is 5.32 Å². The Labute approximate surface area is 68.7 Å². The summed E-state index contributed by atoms with van der Waals surface area (Å²) in [5.41, 5.74) is 4.93. The van der Waals surface area contributed by atoms with Gasteiger partial charge in [0.2, 0.25) is 5.91 Å². The molecule has 1 aliphatic rings. The third kappa shape index (κ3) is 1.23. The lowest BCUT2D eigenvalue weighted by Gasteiger charge is -2.17. The quantitative estimate of drug-likeness (QED) is 0.490. The number of urea groups is 1. The monoisotopic (exact) mass is 171 g/mol. The molecule has 0 aromatic carbocycles. The molecule has 6 heteroatoms. The second-order valence-electron chi connectivity index (χ2n) is 2.50. The minimum atomic E-state index is -0.875. The van der Waals surface area contributed by atoms with E-state index in [1.165, 1.54) is 6.92 Å². The fourth-order valence-corrected chi connectivity index (χ4v) is 0.954. The van der Waals surface area contributed by atoms with Crippen LogP contribution in [0.25, 0.3) is 0 Å². The van der Waals surface area contributed by atoms with E-state index >= 15 is 0 Å². The summed E-state index contributed by atoms with van der Waals surface area (Å²) in [6.45, 7) is 1.35. The van der Waals surface area contributed by atoms with Gasteiger partial charge in [-0.25, -0.2) is 4.79 Å². The van der Waals surface area contributed by atoms with Crippen LogP contribution in [0.1, 0.15) is 6.92 Å². The summed E-state index contributed by atoms with van der Waals surface area (Å²) in [7, 11) is 0. The van der Waals surface area contributed by atoms with Gasteiger partial charge in [0.05, 0.1) is 6.54 Å². The van der Waals surface area contributed by atoms with Gasteiger partial charge >= 0.3 is 6.03 Å². The number of imide groups is 1. The lowest BCUT2D eigenvalue weighted by molar-refractivity contribution is -0.132. The maximum Gasteiger partial charge on any atom is 0.325 e. The summed E-state index contributed by atoms with van der Waals surface area (Å²) in [5.74, 6) is -1.12. The van der Waals surface area contributed by atoms with Gasteiger partial charge in [-0.15, -0.1) is 0 Å². The summed E-state index contributed by atoms with van der Waals surface area (Å²) in [6, 6.07) is -1.44. The molecule has 0 aromatic rings. The van der Waals surface area contributed by atoms with Crippen LogP contribution in [-0.4, -0.2) is 35.3 Å². The van der Waals surface area contributed by atoms with Gasteiger partial charge in [0.1, 0.15) is 6.04 Å². The number of hydrogen-bond acceptors (Lipinski definition) is 3. The lowest BCUT2D eigenvalue weighted by Crippen LogP contribution is -2.46. The molecule has 66 valence electrons. The first-order chi connectivity index (χ1) is 5.54. The fraction of sp³-hybridized carbons (Fsp3) is 0.500. The molecule has 4 amide bonds. The van der Waals surface area contributed by atoms with Crippen LogP contribution < -0.4 is 11.1 Å². The first-order valence-corrected chi connectivity index (χ1v) is 3.43. The maximum atomic E-state index is 11.0. The van der Waals surface area contributed by atoms with Crippen molar-refractivity contribution in [3.63, 3.8) is 0 Å². The van der Waals surface area contributed by atoms with E-state index in [0.29, 0.717) is 0 Å². The van der Waals surface area contributed by atoms with Crippen LogP contribution in [0.4, 0.5) is 4.79 Å². The zero-order chi connectivity index (χ0) is 9.30. The van der Waals surface area contributed by atoms with Gasteiger partial charge in [0.15, 0.2) is 0 Å². The molecule has 0 spiro atoms. The zero-order valence-electron chi connectivity index (χ0n) is 6.53. The Morgan fingerprint density at radius 3 is 2.58 bits per heavy atom. The van der Waals surface area contributed by atoms with E-state index in [-0.39, 0.29) is 6.54 Å². The van der Waals surface area contributed by atoms with Crippen LogP contribution in [-0.2, 0) is 9.59 Å². The minimum absolute atomic E-state index is 0.0591. The summed E-state index contributed by atoms with van der Waals surface area (Å²) < 4.78 is 0. The Hall–Kier alpha value is -1.59. The zero-order valence-corrected chi connectivity index (χ0v) is 6.53. The number of amides is 4. The highest BCUT2D eigenvalue weighted by molar-refractivity contribution is 6.05. The highest BCUT2D eigenvalue weighted by atomic mass is 16.2. The third-order valence-electron chi connectivity index (χ3n) is 1.68. The Bertz CT molecular complexity index is 234. The average molecular weight is 171 g/mol. The molecule has 0 aromatic heterocycles. The molecule has 1 unspecified atom stereocenters. The van der Waals surface area contributed by atoms with Gasteiger partial charge < -0.3 is 11.1 Å². The topological polar surface area (TPSA) is 92.5 Å². The molecule has 0 bridgehead atoms. The van der Waals surface area contributed by atoms with Gasteiger partial charge in [-0.3, -0.25) is 14.5 Å². The predicted octanol–water partition coefficient (Wildman–Crippen LogP) is -1.59. The largest absolute Gasteiger partial charge is 0.368 e. The van der Waals surface area contributed by atoms with E-state index < -0.39 is 23.9 Å². The van der Waals surface area contributed by atoms with Crippen molar-refractivity contribution in [1.82, 2.24) is 10.2 Å². The fourth-order valence-electron chi connectivity index (χ4n) is 0.954. The third-order valence-corrected chi connectivity index (χ3v) is 1.68. The molecule has 0 saturated carbocycles. The lowest BCUT2D eigenvalue weighted by atomic mass is 10.3. The molecule has 1 aliphatic heterocycles. The first kappa shape index (κ1) is 8.51. The van der Waals surface area contributed by atoms with Crippen molar-refractivity contribution in [2.75, 3.05) is 6.54 Å². The standard InChI is InChI=1S/C6H9N3O3/c1-3(5(7)11)9-4(10)2-8-6(9)12/h3H,2H2,1H3,(H2,7,11)(H,8,12). The molecule has 3 N–H and O–H groups in total. The molecule has 1 heterocycles. The molecule has 1 saturated heterocycles. The van der Waals surface area contributed by atoms with Gasteiger partial charge in [-0.05, 0) is 6.92 Å². The summed E-state index contributed by atoms with van der Waals surface area (Å²) in [4.78, 5) is 33.3. The minimum Gasteiger partial charge on any atom is -0.368 e. The van der Waals surface area contributed by atoms with Gasteiger partial charge in [-0.1, -0.05) is 0 Å². The van der Waals surface area contributed by atoms with E-state index in [9.17, 15) is 14.4 Å². The number of nitrogens with two attached hydrogens (primary N) is 1. The summed E-state index contributed by atoms with van der Waals surface area (Å²) >= 11 is 0. The van der Waals surface area contributed by atoms with Crippen molar-refractivity contribution in [2.24, 2.45) is 5.73 Å². The van der Waals surface area contributed by atoms with E-state index in [1.807, 2.05) is 0 Å². The number of nitrogens with zero attached hydrogens (tertiary/aromatic N) is 1. The SMILES string of the molecule is CC(C(N)=O)N1C(=O)CNC1=O. The van der Waals surface area contributed by atoms with Gasteiger partial charge in [0, 0.05) is 0 Å². The van der Waals surface area contributed by atoms with Gasteiger partial charge in [0.25, 0.3) is 5.91 Å². The van der Waals surface area contributed by atoms with Gasteiger partial charge in [-0.2, -0.15) is 0 Å². The molecular formula is C6H9N3O3. The van der Waals surface area contributed by atoms with E-state index in [0.717, 1.165) is 4.90 Å². The highest BCUT2D eigenvalue weighted by Gasteiger charge is 2.34. The smallest absolute Gasteiger partial charge is 0.325 e. The molecule has 0 radical (unpaired) electrons. The summed E-state index contributed by atoms with van der Waals surface area (Å²) in [6.07, 6.45) is 0. The molecule has 12 heavy (non-hydrogen) atoms. The molecule has 1 rings (SSSR count). The van der Waals surface area contributed by atoms with Crippen LogP contribution in [0.5, 0.6) is 0 Å². The number of primary amides is 1. The highest BCUT2D eigenvalue weighted by Crippen LogP contribution is 2.04. The van der Waals surface area contributed by atoms with Crippen LogP contribution >= 0.6 is 0 Å². The van der Waals surface area contributed by atoms with E-state index in [1.54, 1.807) is 0 Å². The first-order valence-electron chi connectivity index (χ1n) is 3.43. The molecule has 1 fully saturated rings. The second-order valence-corrected chi connectivity index (χ2v) is 2.50. The van der Waals surface area contributed by atoms with Crippen molar-refractivity contribution in [3.05, 3.63) is 0 Å². The summed E-state index contributed by atoms with van der Waals surface area (Å²) in [5, 5.41) is 2.28. The average Bonchev–Trinajstić information content (AvgIpc) is 2.30. The van der Waals surface area contributed by atoms with Crippen molar-refractivity contribution in [3.8, 4) is 0 Å². The number of carbonyl (C=O) groups is 3. The molecule has 1 atom stereocenters. The molecule has 0 aliphatic carbocycles. The van der Waals surface area contributed by atoms with Crippen molar-refractivity contribution in [1.29, 1.82) is 0 Å². The Morgan fingerprint density at radius 1 is 1.67 bits per heavy atom. The van der Waals surface area contributed by atoms with Crippen molar-refractivity contribution in [2.45, 2.75) is 13.0 Å². The van der Waals surface area contributed by atoms with Crippen LogP contribution in [0, 0.1) is 0 Å². The van der Waals surface area contributed by atoms with Crippen LogP contribution in [0.2, 0.25) is 0 Å². The number of nitrogens with one attached hydrogen (secondary N) is 1. The predicted molar refractivity (Wildman–Crippen MR) is 38.9 cm³/mol. The number of hydrogen-bond donors (Lipinski definition) is 2. The Kier molecular flexibility index (Phi) is 1.99. The maximum absolute atomic E-state index is 11.0. The number of rotatable bonds is 2. The molecule has 6 nitrogen and oxygen atoms in total.